The van der Waals surface area contributed by atoms with Gasteiger partial charge in [-0.2, -0.15) is 0 Å². The maximum Gasteiger partial charge on any atom is 0.325 e. The molecule has 0 radical (unpaired) electrons. The summed E-state index contributed by atoms with van der Waals surface area (Å²) in [5.41, 5.74) is -0.628. The third kappa shape index (κ3) is 3.70. The lowest BCUT2D eigenvalue weighted by molar-refractivity contribution is -0.138. The lowest BCUT2D eigenvalue weighted by atomic mass is 10.1. The zero-order chi connectivity index (χ0) is 13.1. The van der Waals surface area contributed by atoms with Crippen LogP contribution >= 0.6 is 11.3 Å². The normalized spacial score (nSPS) is 12.9. The summed E-state index contributed by atoms with van der Waals surface area (Å²) in [5.74, 6) is -1.08. The summed E-state index contributed by atoms with van der Waals surface area (Å²) in [7, 11) is 0. The first kappa shape index (κ1) is 13.4. The topological polar surface area (TPSA) is 91.3 Å². The van der Waals surface area contributed by atoms with Gasteiger partial charge in [0.1, 0.15) is 11.0 Å². The van der Waals surface area contributed by atoms with Gasteiger partial charge in [-0.25, -0.2) is 9.78 Å². The number of carbonyl (C=O) groups is 2. The molecule has 0 fully saturated rings. The molecule has 0 bridgehead atoms. The van der Waals surface area contributed by atoms with Gasteiger partial charge >= 0.3 is 12.0 Å². The minimum atomic E-state index is -1.08. The molecule has 1 rings (SSSR count). The van der Waals surface area contributed by atoms with E-state index >= 15 is 0 Å². The SMILES string of the molecule is CC(NC(=O)NC(C)(C)c1nccs1)C(=O)O. The van der Waals surface area contributed by atoms with Crippen molar-refractivity contribution in [2.75, 3.05) is 0 Å². The number of thiazole rings is 1. The molecule has 1 aromatic heterocycles. The van der Waals surface area contributed by atoms with E-state index in [1.807, 2.05) is 5.38 Å². The molecule has 0 aliphatic rings. The number of urea groups is 1. The number of carboxylic acids is 1. The van der Waals surface area contributed by atoms with Crippen LogP contribution in [-0.4, -0.2) is 28.1 Å². The van der Waals surface area contributed by atoms with Crippen LogP contribution in [-0.2, 0) is 10.3 Å². The van der Waals surface area contributed by atoms with Gasteiger partial charge in [0.15, 0.2) is 0 Å². The van der Waals surface area contributed by atoms with Crippen molar-refractivity contribution in [2.24, 2.45) is 0 Å². The van der Waals surface area contributed by atoms with Gasteiger partial charge in [0.2, 0.25) is 0 Å². The van der Waals surface area contributed by atoms with Crippen molar-refractivity contribution in [3.63, 3.8) is 0 Å². The zero-order valence-electron chi connectivity index (χ0n) is 9.85. The molecule has 7 heteroatoms. The number of carbonyl (C=O) groups excluding carboxylic acids is 1. The van der Waals surface area contributed by atoms with E-state index in [0.717, 1.165) is 5.01 Å². The van der Waals surface area contributed by atoms with Gasteiger partial charge in [0.25, 0.3) is 0 Å². The highest BCUT2D eigenvalue weighted by atomic mass is 32.1. The van der Waals surface area contributed by atoms with E-state index in [2.05, 4.69) is 15.6 Å². The summed E-state index contributed by atoms with van der Waals surface area (Å²) >= 11 is 1.43. The molecular formula is C10H15N3O3S. The first-order chi connectivity index (χ1) is 7.83. The van der Waals surface area contributed by atoms with E-state index in [-0.39, 0.29) is 0 Å². The summed E-state index contributed by atoms with van der Waals surface area (Å²) in [6.45, 7) is 5.01. The largest absolute Gasteiger partial charge is 0.480 e. The second-order valence-corrected chi connectivity index (χ2v) is 5.02. The molecular weight excluding hydrogens is 242 g/mol. The first-order valence-corrected chi connectivity index (χ1v) is 5.92. The van der Waals surface area contributed by atoms with E-state index in [4.69, 9.17) is 5.11 Å². The fourth-order valence-corrected chi connectivity index (χ4v) is 1.88. The maximum absolute atomic E-state index is 11.6. The number of carboxylic acid groups (broad SMARTS) is 1. The molecule has 94 valence electrons. The highest BCUT2D eigenvalue weighted by Gasteiger charge is 2.26. The smallest absolute Gasteiger partial charge is 0.325 e. The van der Waals surface area contributed by atoms with Crippen LogP contribution in [0.1, 0.15) is 25.8 Å². The predicted molar refractivity (Wildman–Crippen MR) is 63.9 cm³/mol. The lowest BCUT2D eigenvalue weighted by Crippen LogP contribution is -2.50. The Morgan fingerprint density at radius 1 is 1.53 bits per heavy atom. The maximum atomic E-state index is 11.6. The number of aliphatic carboxylic acids is 1. The Balaban J connectivity index is 2.59. The third-order valence-electron chi connectivity index (χ3n) is 2.11. The van der Waals surface area contributed by atoms with Gasteiger partial charge in [0.05, 0.1) is 5.54 Å². The molecule has 0 saturated carbocycles. The van der Waals surface area contributed by atoms with Gasteiger partial charge < -0.3 is 15.7 Å². The van der Waals surface area contributed by atoms with Crippen molar-refractivity contribution in [2.45, 2.75) is 32.4 Å². The molecule has 2 amide bonds. The summed E-state index contributed by atoms with van der Waals surface area (Å²) in [6, 6.07) is -1.46. The van der Waals surface area contributed by atoms with Crippen molar-refractivity contribution < 1.29 is 14.7 Å². The predicted octanol–water partition coefficient (Wildman–Crippen LogP) is 1.15. The average Bonchev–Trinajstić information content (AvgIpc) is 2.69. The number of rotatable bonds is 4. The molecule has 0 saturated heterocycles. The van der Waals surface area contributed by atoms with Crippen molar-refractivity contribution in [3.8, 4) is 0 Å². The van der Waals surface area contributed by atoms with Crippen LogP contribution in [0.4, 0.5) is 4.79 Å². The number of hydrogen-bond donors (Lipinski definition) is 3. The third-order valence-corrected chi connectivity index (χ3v) is 3.21. The molecule has 1 heterocycles. The van der Waals surface area contributed by atoms with Crippen LogP contribution in [0.3, 0.4) is 0 Å². The molecule has 17 heavy (non-hydrogen) atoms. The van der Waals surface area contributed by atoms with Crippen LogP contribution in [0.25, 0.3) is 0 Å². The van der Waals surface area contributed by atoms with Gasteiger partial charge in [-0.1, -0.05) is 0 Å². The van der Waals surface area contributed by atoms with Crippen molar-refractivity contribution >= 4 is 23.3 Å². The summed E-state index contributed by atoms with van der Waals surface area (Å²) in [5, 5.41) is 16.2. The lowest BCUT2D eigenvalue weighted by Gasteiger charge is -2.24. The quantitative estimate of drug-likeness (QED) is 0.754. The van der Waals surface area contributed by atoms with Gasteiger partial charge in [-0.15, -0.1) is 11.3 Å². The van der Waals surface area contributed by atoms with E-state index in [1.165, 1.54) is 18.3 Å². The molecule has 1 unspecified atom stereocenters. The Kier molecular flexibility index (Phi) is 4.06. The second-order valence-electron chi connectivity index (χ2n) is 4.12. The minimum absolute atomic E-state index is 0.528. The minimum Gasteiger partial charge on any atom is -0.480 e. The van der Waals surface area contributed by atoms with Crippen molar-refractivity contribution in [1.82, 2.24) is 15.6 Å². The number of aromatic nitrogens is 1. The van der Waals surface area contributed by atoms with Crippen LogP contribution in [0.5, 0.6) is 0 Å². The van der Waals surface area contributed by atoms with Crippen LogP contribution in [0.15, 0.2) is 11.6 Å². The molecule has 0 aromatic carbocycles. The van der Waals surface area contributed by atoms with Crippen LogP contribution in [0, 0.1) is 0 Å². The van der Waals surface area contributed by atoms with Crippen molar-refractivity contribution in [1.29, 1.82) is 0 Å². The van der Waals surface area contributed by atoms with Gasteiger partial charge in [-0.05, 0) is 20.8 Å². The Bertz CT molecular complexity index is 403. The van der Waals surface area contributed by atoms with Gasteiger partial charge in [-0.3, -0.25) is 4.79 Å². The average molecular weight is 257 g/mol. The zero-order valence-corrected chi connectivity index (χ0v) is 10.7. The Morgan fingerprint density at radius 2 is 2.18 bits per heavy atom. The standard InChI is InChI=1S/C10H15N3O3S/c1-6(7(14)15)12-9(16)13-10(2,3)8-11-4-5-17-8/h4-6H,1-3H3,(H,14,15)(H2,12,13,16). The molecule has 0 aliphatic heterocycles. The Hall–Kier alpha value is -1.63. The monoisotopic (exact) mass is 257 g/mol. The summed E-state index contributed by atoms with van der Waals surface area (Å²) in [4.78, 5) is 26.3. The van der Waals surface area contributed by atoms with E-state index in [9.17, 15) is 9.59 Å². The number of nitrogens with zero attached hydrogens (tertiary/aromatic N) is 1. The fraction of sp³-hybridized carbons (Fsp3) is 0.500. The highest BCUT2D eigenvalue weighted by Crippen LogP contribution is 2.21. The number of nitrogens with one attached hydrogen (secondary N) is 2. The Morgan fingerprint density at radius 3 is 2.65 bits per heavy atom. The van der Waals surface area contributed by atoms with Crippen LogP contribution < -0.4 is 10.6 Å². The Labute approximate surface area is 103 Å². The highest BCUT2D eigenvalue weighted by molar-refractivity contribution is 7.09. The molecule has 3 N–H and O–H groups in total. The molecule has 1 atom stereocenters. The van der Waals surface area contributed by atoms with Crippen LogP contribution in [0.2, 0.25) is 0 Å². The first-order valence-electron chi connectivity index (χ1n) is 5.04. The number of hydrogen-bond acceptors (Lipinski definition) is 4. The molecule has 0 aliphatic carbocycles. The molecule has 0 spiro atoms. The van der Waals surface area contributed by atoms with E-state index < -0.39 is 23.6 Å². The second kappa shape index (κ2) is 5.13. The van der Waals surface area contributed by atoms with Crippen molar-refractivity contribution in [3.05, 3.63) is 16.6 Å². The van der Waals surface area contributed by atoms with E-state index in [1.54, 1.807) is 20.0 Å². The fourth-order valence-electron chi connectivity index (χ4n) is 1.16. The van der Waals surface area contributed by atoms with E-state index in [0.29, 0.717) is 0 Å². The van der Waals surface area contributed by atoms with Gasteiger partial charge in [0, 0.05) is 11.6 Å². The number of amides is 2. The summed E-state index contributed by atoms with van der Waals surface area (Å²) in [6.07, 6.45) is 1.65. The molecule has 6 nitrogen and oxygen atoms in total. The summed E-state index contributed by atoms with van der Waals surface area (Å²) < 4.78 is 0. The molecule has 1 aromatic rings.